The van der Waals surface area contributed by atoms with Crippen molar-refractivity contribution in [2.45, 2.75) is 13.3 Å². The van der Waals surface area contributed by atoms with E-state index in [1.807, 2.05) is 25.1 Å². The van der Waals surface area contributed by atoms with E-state index in [1.54, 1.807) is 6.07 Å². The lowest BCUT2D eigenvalue weighted by atomic mass is 10.2. The fraction of sp³-hybridized carbons (Fsp3) is 0.357. The van der Waals surface area contributed by atoms with Gasteiger partial charge in [-0.05, 0) is 24.6 Å². The average Bonchev–Trinajstić information content (AvgIpc) is 2.37. The van der Waals surface area contributed by atoms with Gasteiger partial charge >= 0.3 is 0 Å². The molecule has 18 heavy (non-hydrogen) atoms. The minimum absolute atomic E-state index is 0.0759. The number of benzene rings is 1. The molecule has 0 spiro atoms. The molecule has 0 fully saturated rings. The van der Waals surface area contributed by atoms with Crippen LogP contribution in [-0.4, -0.2) is 25.7 Å². The Morgan fingerprint density at radius 2 is 2.33 bits per heavy atom. The number of nitrogens with one attached hydrogen (secondary N) is 1. The highest BCUT2D eigenvalue weighted by Crippen LogP contribution is 2.09. The summed E-state index contributed by atoms with van der Waals surface area (Å²) in [7, 11) is 0. The van der Waals surface area contributed by atoms with E-state index in [2.05, 4.69) is 17.2 Å². The Kier molecular flexibility index (Phi) is 6.55. The molecule has 0 unspecified atom stereocenters. The zero-order valence-electron chi connectivity index (χ0n) is 10.5. The number of hydrogen-bond acceptors (Lipinski definition) is 3. The highest BCUT2D eigenvalue weighted by molar-refractivity contribution is 5.91. The van der Waals surface area contributed by atoms with Crippen LogP contribution in [0.3, 0.4) is 0 Å². The molecule has 1 rings (SSSR count). The Morgan fingerprint density at radius 1 is 1.50 bits per heavy atom. The molecular weight excluding hydrogens is 228 g/mol. The third kappa shape index (κ3) is 5.48. The molecule has 0 aromatic heterocycles. The van der Waals surface area contributed by atoms with Crippen molar-refractivity contribution in [3.8, 4) is 11.8 Å². The van der Waals surface area contributed by atoms with E-state index in [0.29, 0.717) is 18.8 Å². The van der Waals surface area contributed by atoms with Crippen LogP contribution in [0.15, 0.2) is 24.3 Å². The van der Waals surface area contributed by atoms with Gasteiger partial charge in [-0.15, -0.1) is 0 Å². The summed E-state index contributed by atoms with van der Waals surface area (Å²) in [5.74, 6) is 5.52. The van der Waals surface area contributed by atoms with Crippen LogP contribution in [0.2, 0.25) is 0 Å². The smallest absolute Gasteiger partial charge is 0.250 e. The number of anilines is 1. The Bertz CT molecular complexity index is 447. The maximum Gasteiger partial charge on any atom is 0.250 e. The molecule has 0 radical (unpaired) electrons. The molecule has 1 aromatic carbocycles. The third-order valence-corrected chi connectivity index (χ3v) is 2.06. The van der Waals surface area contributed by atoms with Crippen LogP contribution in [0.1, 0.15) is 18.9 Å². The molecule has 0 saturated carbocycles. The monoisotopic (exact) mass is 246 g/mol. The van der Waals surface area contributed by atoms with Crippen LogP contribution in [0.5, 0.6) is 0 Å². The summed E-state index contributed by atoms with van der Waals surface area (Å²) in [6.45, 7) is 2.99. The van der Waals surface area contributed by atoms with Crippen LogP contribution in [-0.2, 0) is 9.53 Å². The number of carbonyl (C=O) groups excluding carboxylic acids is 1. The zero-order chi connectivity index (χ0) is 13.2. The number of ether oxygens (including phenoxy) is 1. The normalized spacial score (nSPS) is 9.44. The maximum absolute atomic E-state index is 11.5. The van der Waals surface area contributed by atoms with Crippen molar-refractivity contribution in [2.24, 2.45) is 5.73 Å². The molecule has 1 amide bonds. The van der Waals surface area contributed by atoms with Gasteiger partial charge in [-0.25, -0.2) is 0 Å². The van der Waals surface area contributed by atoms with Gasteiger partial charge in [-0.3, -0.25) is 4.79 Å². The fourth-order valence-electron chi connectivity index (χ4n) is 1.33. The van der Waals surface area contributed by atoms with E-state index in [0.717, 1.165) is 12.0 Å². The van der Waals surface area contributed by atoms with Gasteiger partial charge in [0.25, 0.3) is 0 Å². The van der Waals surface area contributed by atoms with E-state index in [-0.39, 0.29) is 12.5 Å². The average molecular weight is 246 g/mol. The number of carbonyl (C=O) groups is 1. The Morgan fingerprint density at radius 3 is 3.06 bits per heavy atom. The summed E-state index contributed by atoms with van der Waals surface area (Å²) in [5, 5.41) is 2.75. The van der Waals surface area contributed by atoms with E-state index >= 15 is 0 Å². The van der Waals surface area contributed by atoms with Gasteiger partial charge in [0, 0.05) is 17.9 Å². The molecule has 0 aliphatic rings. The lowest BCUT2D eigenvalue weighted by Crippen LogP contribution is -2.18. The highest BCUT2D eigenvalue weighted by atomic mass is 16.5. The summed E-state index contributed by atoms with van der Waals surface area (Å²) in [5.41, 5.74) is 6.84. The Balaban J connectivity index is 2.53. The minimum Gasteiger partial charge on any atom is -0.372 e. The summed E-state index contributed by atoms with van der Waals surface area (Å²) < 4.78 is 5.16. The summed E-state index contributed by atoms with van der Waals surface area (Å²) in [6, 6.07) is 7.32. The van der Waals surface area contributed by atoms with Crippen molar-refractivity contribution in [3.05, 3.63) is 29.8 Å². The van der Waals surface area contributed by atoms with Crippen molar-refractivity contribution >= 4 is 11.6 Å². The molecule has 4 nitrogen and oxygen atoms in total. The standard InChI is InChI=1S/C14H18N2O2/c1-2-9-18-11-14(17)16-13-7-3-5-12(10-13)6-4-8-15/h3,5,7,10H,2,8-9,11,15H2,1H3,(H,16,17). The van der Waals surface area contributed by atoms with E-state index in [1.165, 1.54) is 0 Å². The molecule has 1 aromatic rings. The van der Waals surface area contributed by atoms with Crippen molar-refractivity contribution in [3.63, 3.8) is 0 Å². The summed E-state index contributed by atoms with van der Waals surface area (Å²) in [4.78, 5) is 11.5. The number of hydrogen-bond donors (Lipinski definition) is 2. The first-order valence-electron chi connectivity index (χ1n) is 5.93. The molecule has 0 bridgehead atoms. The molecule has 0 heterocycles. The molecular formula is C14H18N2O2. The molecule has 3 N–H and O–H groups in total. The van der Waals surface area contributed by atoms with Gasteiger partial charge in [-0.1, -0.05) is 24.8 Å². The highest BCUT2D eigenvalue weighted by Gasteiger charge is 2.02. The van der Waals surface area contributed by atoms with Gasteiger partial charge in [0.1, 0.15) is 6.61 Å². The van der Waals surface area contributed by atoms with Crippen molar-refractivity contribution in [2.75, 3.05) is 25.1 Å². The van der Waals surface area contributed by atoms with Gasteiger partial charge in [-0.2, -0.15) is 0 Å². The van der Waals surface area contributed by atoms with Crippen LogP contribution in [0, 0.1) is 11.8 Å². The first-order chi connectivity index (χ1) is 8.76. The quantitative estimate of drug-likeness (QED) is 0.609. The lowest BCUT2D eigenvalue weighted by molar-refractivity contribution is -0.120. The van der Waals surface area contributed by atoms with Crippen molar-refractivity contribution < 1.29 is 9.53 Å². The second-order valence-electron chi connectivity index (χ2n) is 3.69. The van der Waals surface area contributed by atoms with Gasteiger partial charge in [0.15, 0.2) is 0 Å². The van der Waals surface area contributed by atoms with Crippen molar-refractivity contribution in [1.82, 2.24) is 0 Å². The van der Waals surface area contributed by atoms with Crippen LogP contribution in [0.4, 0.5) is 5.69 Å². The van der Waals surface area contributed by atoms with E-state index in [4.69, 9.17) is 10.5 Å². The fourth-order valence-corrected chi connectivity index (χ4v) is 1.33. The van der Waals surface area contributed by atoms with Gasteiger partial charge in [0.2, 0.25) is 5.91 Å². The molecule has 0 aliphatic heterocycles. The number of amides is 1. The largest absolute Gasteiger partial charge is 0.372 e. The van der Waals surface area contributed by atoms with Crippen molar-refractivity contribution in [1.29, 1.82) is 0 Å². The molecule has 96 valence electrons. The van der Waals surface area contributed by atoms with Crippen LogP contribution in [0.25, 0.3) is 0 Å². The van der Waals surface area contributed by atoms with Crippen LogP contribution >= 0.6 is 0 Å². The second kappa shape index (κ2) is 8.29. The summed E-state index contributed by atoms with van der Waals surface area (Å²) in [6.07, 6.45) is 0.900. The predicted octanol–water partition coefficient (Wildman–Crippen LogP) is 1.36. The molecule has 0 atom stereocenters. The Hall–Kier alpha value is -1.83. The number of nitrogens with two attached hydrogens (primary N) is 1. The first kappa shape index (κ1) is 14.2. The second-order valence-corrected chi connectivity index (χ2v) is 3.69. The predicted molar refractivity (Wildman–Crippen MR) is 72.1 cm³/mol. The molecule has 0 aliphatic carbocycles. The van der Waals surface area contributed by atoms with E-state index in [9.17, 15) is 4.79 Å². The van der Waals surface area contributed by atoms with E-state index < -0.39 is 0 Å². The first-order valence-corrected chi connectivity index (χ1v) is 5.93. The molecule has 0 saturated heterocycles. The van der Waals surface area contributed by atoms with Gasteiger partial charge < -0.3 is 15.8 Å². The molecule has 4 heteroatoms. The maximum atomic E-state index is 11.5. The number of rotatable bonds is 5. The zero-order valence-corrected chi connectivity index (χ0v) is 10.5. The van der Waals surface area contributed by atoms with Crippen LogP contribution < -0.4 is 11.1 Å². The lowest BCUT2D eigenvalue weighted by Gasteiger charge is -2.05. The SMILES string of the molecule is CCCOCC(=O)Nc1cccc(C#CCN)c1. The topological polar surface area (TPSA) is 64.3 Å². The minimum atomic E-state index is -0.160. The van der Waals surface area contributed by atoms with Gasteiger partial charge in [0.05, 0.1) is 6.54 Å². The summed E-state index contributed by atoms with van der Waals surface area (Å²) >= 11 is 0. The Labute approximate surface area is 108 Å². The third-order valence-electron chi connectivity index (χ3n) is 2.06.